The zero-order valence-corrected chi connectivity index (χ0v) is 25.9. The van der Waals surface area contributed by atoms with Gasteiger partial charge in [0.1, 0.15) is 0 Å². The highest BCUT2D eigenvalue weighted by Gasteiger charge is 2.68. The van der Waals surface area contributed by atoms with Crippen molar-refractivity contribution in [1.29, 1.82) is 0 Å². The van der Waals surface area contributed by atoms with Crippen LogP contribution in [-0.2, 0) is 5.41 Å². The highest BCUT2D eigenvalue weighted by molar-refractivity contribution is 6.77. The van der Waals surface area contributed by atoms with E-state index in [1.165, 1.54) is 91.7 Å². The van der Waals surface area contributed by atoms with Gasteiger partial charge in [-0.1, -0.05) is 58.3 Å². The number of piperidine rings is 1. The van der Waals surface area contributed by atoms with Crippen molar-refractivity contribution in [1.82, 2.24) is 9.88 Å². The lowest BCUT2D eigenvalue weighted by atomic mass is 9.62. The molecule has 4 heterocycles. The summed E-state index contributed by atoms with van der Waals surface area (Å²) in [6, 6.07) is 11.1. The molecular weight excluding hydrogens is 501 g/mol. The van der Waals surface area contributed by atoms with Crippen LogP contribution in [0, 0.1) is 17.8 Å². The predicted octanol–water partition coefficient (Wildman–Crippen LogP) is 8.94. The van der Waals surface area contributed by atoms with E-state index in [9.17, 15) is 0 Å². The van der Waals surface area contributed by atoms with Crippen molar-refractivity contribution < 1.29 is 0 Å². The fourth-order valence-electron chi connectivity index (χ4n) is 11.6. The molecule has 7 unspecified atom stereocenters. The Hall–Kier alpha value is -1.97. The summed E-state index contributed by atoms with van der Waals surface area (Å²) in [4.78, 5) is 8.35. The molecule has 7 atom stereocenters. The molecule has 1 spiro atoms. The lowest BCUT2D eigenvalue weighted by molar-refractivity contribution is 0.110. The molecule has 10 rings (SSSR count). The van der Waals surface area contributed by atoms with Crippen LogP contribution in [0.4, 0.5) is 0 Å². The Morgan fingerprint density at radius 2 is 1.82 bits per heavy atom. The van der Waals surface area contributed by atoms with Crippen molar-refractivity contribution in [2.24, 2.45) is 17.8 Å². The lowest BCUT2D eigenvalue weighted by Gasteiger charge is -2.51. The predicted molar refractivity (Wildman–Crippen MR) is 168 cm³/mol. The Bertz CT molecular complexity index is 1660. The Morgan fingerprint density at radius 1 is 1.00 bits per heavy atom. The minimum atomic E-state index is -1.30. The van der Waals surface area contributed by atoms with Gasteiger partial charge in [-0.05, 0) is 118 Å². The minimum absolute atomic E-state index is 0.155. The second-order valence-electron chi connectivity index (χ2n) is 16.3. The molecule has 2 aromatic carbocycles. The van der Waals surface area contributed by atoms with Crippen LogP contribution < -0.4 is 0 Å². The van der Waals surface area contributed by atoms with Crippen LogP contribution in [0.25, 0.3) is 21.7 Å². The summed E-state index contributed by atoms with van der Waals surface area (Å²) in [5, 5.41) is 4.30. The van der Waals surface area contributed by atoms with Crippen LogP contribution in [-0.4, -0.2) is 36.6 Å². The van der Waals surface area contributed by atoms with Crippen molar-refractivity contribution in [2.45, 2.75) is 113 Å². The first kappa shape index (κ1) is 23.6. The number of aromatic nitrogens is 1. The van der Waals surface area contributed by atoms with Crippen LogP contribution in [0.2, 0.25) is 25.2 Å². The maximum atomic E-state index is 5.22. The summed E-state index contributed by atoms with van der Waals surface area (Å²) in [5.74, 6) is 3.18. The topological polar surface area (TPSA) is 16.1 Å². The molecule has 0 amide bonds. The first-order valence-electron chi connectivity index (χ1n) is 16.8. The highest BCUT2D eigenvalue weighted by Crippen LogP contribution is 2.74. The molecule has 206 valence electrons. The fraction of sp³-hybridized carbons (Fsp3) is 0.595. The van der Waals surface area contributed by atoms with Gasteiger partial charge >= 0.3 is 0 Å². The molecule has 2 nitrogen and oxygen atoms in total. The average Bonchev–Trinajstić information content (AvgIpc) is 3.18. The van der Waals surface area contributed by atoms with Gasteiger partial charge in [0.05, 0.1) is 22.7 Å². The number of hydrogen-bond donors (Lipinski definition) is 0. The van der Waals surface area contributed by atoms with Crippen LogP contribution in [0.3, 0.4) is 0 Å². The average molecular weight is 545 g/mol. The number of allylic oxidation sites excluding steroid dienone is 1. The molecule has 3 aromatic rings. The van der Waals surface area contributed by atoms with Gasteiger partial charge in [0.15, 0.2) is 0 Å². The van der Waals surface area contributed by atoms with E-state index < -0.39 is 8.07 Å². The van der Waals surface area contributed by atoms with Crippen LogP contribution >= 0.6 is 0 Å². The van der Waals surface area contributed by atoms with Gasteiger partial charge in [-0.2, -0.15) is 0 Å². The monoisotopic (exact) mass is 544 g/mol. The molecule has 3 aliphatic heterocycles. The molecule has 7 aliphatic rings. The van der Waals surface area contributed by atoms with Gasteiger partial charge in [-0.3, -0.25) is 9.88 Å². The van der Waals surface area contributed by atoms with Gasteiger partial charge in [0.2, 0.25) is 0 Å². The van der Waals surface area contributed by atoms with Crippen LogP contribution in [0.5, 0.6) is 0 Å². The Labute approximate surface area is 240 Å². The molecule has 1 saturated carbocycles. The third kappa shape index (κ3) is 2.74. The SMILES string of the molecule is CC1CCCC2=C1C1CC(CC3CCCC3)C([Si](C)(C)C)CN1C2C1=CC2c3cc4cc(n3)c3cc4cc4c3C142. The third-order valence-corrected chi connectivity index (χ3v) is 16.2. The van der Waals surface area contributed by atoms with Gasteiger partial charge < -0.3 is 0 Å². The zero-order chi connectivity index (χ0) is 26.7. The van der Waals surface area contributed by atoms with Crippen LogP contribution in [0.15, 0.2) is 47.1 Å². The number of nitrogens with zero attached hydrogens (tertiary/aromatic N) is 2. The van der Waals surface area contributed by atoms with E-state index in [-0.39, 0.29) is 5.41 Å². The van der Waals surface area contributed by atoms with E-state index in [0.29, 0.717) is 18.0 Å². The van der Waals surface area contributed by atoms with Gasteiger partial charge in [0.25, 0.3) is 0 Å². The van der Waals surface area contributed by atoms with Crippen molar-refractivity contribution in [3.63, 3.8) is 0 Å². The number of pyridine rings is 1. The fourth-order valence-corrected chi connectivity index (χ4v) is 14.1. The van der Waals surface area contributed by atoms with Gasteiger partial charge in [-0.25, -0.2) is 0 Å². The summed E-state index contributed by atoms with van der Waals surface area (Å²) in [6.07, 6.45) is 15.8. The molecule has 1 aromatic heterocycles. The Morgan fingerprint density at radius 3 is 2.65 bits per heavy atom. The van der Waals surface area contributed by atoms with Crippen molar-refractivity contribution in [3.8, 4) is 0 Å². The molecule has 5 bridgehead atoms. The number of hydrogen-bond acceptors (Lipinski definition) is 2. The summed E-state index contributed by atoms with van der Waals surface area (Å²) in [5.41, 5.74) is 12.5. The largest absolute Gasteiger partial charge is 0.286 e. The first-order valence-corrected chi connectivity index (χ1v) is 20.3. The standard InChI is InChI=1S/C37H44N2Si/c1-20-8-7-11-25-34(20)32-17-24(12-21-9-5-6-10-21)33(40(2,3)4)19-39(32)36(25)29-18-27-31-16-23-15-30(38-31)26-13-22(23)14-28-35(26)37(27,28)29/h13-16,18,20-21,24,27,32-33,36H,5-12,17,19H2,1-4H3. The number of fused-ring (bicyclic) bond motifs is 7. The van der Waals surface area contributed by atoms with E-state index >= 15 is 0 Å². The van der Waals surface area contributed by atoms with Gasteiger partial charge in [0, 0.05) is 32.0 Å². The van der Waals surface area contributed by atoms with Gasteiger partial charge in [-0.15, -0.1) is 0 Å². The Balaban J connectivity index is 1.10. The second kappa shape index (κ2) is 7.50. The van der Waals surface area contributed by atoms with E-state index in [4.69, 9.17) is 4.98 Å². The highest BCUT2D eigenvalue weighted by atomic mass is 28.3. The maximum absolute atomic E-state index is 5.22. The molecular formula is C37H44N2Si. The number of benzene rings is 2. The first-order chi connectivity index (χ1) is 19.3. The zero-order valence-electron chi connectivity index (χ0n) is 24.9. The molecule has 0 radical (unpaired) electrons. The van der Waals surface area contributed by atoms with E-state index in [0.717, 1.165) is 23.3 Å². The summed E-state index contributed by atoms with van der Waals surface area (Å²) in [6.45, 7) is 12.0. The summed E-state index contributed by atoms with van der Waals surface area (Å²) >= 11 is 0. The quantitative estimate of drug-likeness (QED) is 0.241. The maximum Gasteiger partial charge on any atom is 0.0715 e. The normalized spacial score (nSPS) is 38.1. The molecule has 1 saturated heterocycles. The minimum Gasteiger partial charge on any atom is -0.286 e. The summed E-state index contributed by atoms with van der Waals surface area (Å²) in [7, 11) is -1.30. The van der Waals surface area contributed by atoms with Crippen molar-refractivity contribution in [2.75, 3.05) is 6.54 Å². The van der Waals surface area contributed by atoms with Crippen LogP contribution in [0.1, 0.15) is 87.4 Å². The summed E-state index contributed by atoms with van der Waals surface area (Å²) < 4.78 is 0. The van der Waals surface area contributed by atoms with Crippen molar-refractivity contribution >= 4 is 29.7 Å². The van der Waals surface area contributed by atoms with E-state index in [2.05, 4.69) is 61.8 Å². The van der Waals surface area contributed by atoms with Crippen molar-refractivity contribution in [3.05, 3.63) is 63.9 Å². The van der Waals surface area contributed by atoms with E-state index in [1.54, 1.807) is 16.7 Å². The Kier molecular flexibility index (Phi) is 4.42. The smallest absolute Gasteiger partial charge is 0.0715 e. The van der Waals surface area contributed by atoms with E-state index in [1.807, 2.05) is 11.1 Å². The third-order valence-electron chi connectivity index (χ3n) is 13.4. The second-order valence-corrected chi connectivity index (χ2v) is 21.7. The molecule has 3 heteroatoms. The molecule has 2 fully saturated rings. The lowest BCUT2D eigenvalue weighted by Crippen LogP contribution is -2.55. The molecule has 0 N–H and O–H groups in total. The number of rotatable bonds is 4. The molecule has 40 heavy (non-hydrogen) atoms. The molecule has 4 aliphatic carbocycles.